The van der Waals surface area contributed by atoms with Crippen LogP contribution in [0, 0.1) is 15.5 Å². The molecule has 3 fully saturated rings. The van der Waals surface area contributed by atoms with Gasteiger partial charge in [-0.2, -0.15) is 0 Å². The van der Waals surface area contributed by atoms with Crippen LogP contribution in [0.5, 0.6) is 11.5 Å². The minimum absolute atomic E-state index is 0.00133. The molecule has 3 aromatic carbocycles. The fraction of sp³-hybridized carbons (Fsp3) is 0.370. The van der Waals surface area contributed by atoms with E-state index < -0.39 is 27.5 Å². The molecule has 322 valence electrons. The summed E-state index contributed by atoms with van der Waals surface area (Å²) in [5.74, 6) is -0.0328. The van der Waals surface area contributed by atoms with Gasteiger partial charge in [-0.15, -0.1) is 0 Å². The van der Waals surface area contributed by atoms with Crippen molar-refractivity contribution >= 4 is 68.4 Å². The van der Waals surface area contributed by atoms with E-state index in [0.717, 1.165) is 67.7 Å². The van der Waals surface area contributed by atoms with Gasteiger partial charge in [-0.05, 0) is 104 Å². The average Bonchev–Trinajstić information content (AvgIpc) is 3.74. The van der Waals surface area contributed by atoms with Crippen molar-refractivity contribution in [3.05, 3.63) is 117 Å². The Hall–Kier alpha value is -5.61. The minimum Gasteiger partial charge on any atom is -0.455 e. The Bertz CT molecular complexity index is 2580. The molecule has 14 nitrogen and oxygen atoms in total. The number of ether oxygens (including phenoxy) is 2. The summed E-state index contributed by atoms with van der Waals surface area (Å²) in [6, 6.07) is 19.9. The molecule has 1 atom stereocenters. The molecule has 1 saturated carbocycles. The first-order chi connectivity index (χ1) is 30.1. The number of hydrogen-bond acceptors (Lipinski definition) is 11. The Labute approximate surface area is 367 Å². The van der Waals surface area contributed by atoms with Gasteiger partial charge in [0.05, 0.1) is 27.6 Å². The van der Waals surface area contributed by atoms with E-state index in [1.165, 1.54) is 54.7 Å². The van der Waals surface area contributed by atoms with Crippen molar-refractivity contribution in [3.8, 4) is 11.5 Å². The highest BCUT2D eigenvalue weighted by molar-refractivity contribution is 7.83. The number of nitro benzene ring substituents is 1. The first-order valence-corrected chi connectivity index (χ1v) is 22.7. The molecule has 1 unspecified atom stereocenters. The number of nitro groups is 1. The summed E-state index contributed by atoms with van der Waals surface area (Å²) in [6.07, 6.45) is 13.7. The number of pyridine rings is 1. The molecule has 0 radical (unpaired) electrons. The molecule has 2 aromatic heterocycles. The van der Waals surface area contributed by atoms with Crippen LogP contribution in [-0.4, -0.2) is 88.1 Å². The largest absolute Gasteiger partial charge is 0.455 e. The van der Waals surface area contributed by atoms with Gasteiger partial charge < -0.3 is 25.1 Å². The molecule has 62 heavy (non-hydrogen) atoms. The normalized spacial score (nSPS) is 18.9. The van der Waals surface area contributed by atoms with Gasteiger partial charge in [0.2, 0.25) is 0 Å². The molecule has 2 aliphatic carbocycles. The van der Waals surface area contributed by atoms with E-state index >= 15 is 0 Å². The molecular weight excluding hydrogens is 828 g/mol. The number of hydrogen-bond donors (Lipinski definition) is 3. The first kappa shape index (κ1) is 41.7. The fourth-order valence-electron chi connectivity index (χ4n) is 9.12. The number of aliphatic imine (C=N–C) groups is 1. The maximum absolute atomic E-state index is 14.0. The lowest BCUT2D eigenvalue weighted by atomic mass is 9.59. The zero-order valence-corrected chi connectivity index (χ0v) is 35.9. The second kappa shape index (κ2) is 18.0. The Balaban J connectivity index is 0.938. The summed E-state index contributed by atoms with van der Waals surface area (Å²) in [5.41, 5.74) is 12.3. The molecule has 1 amide bonds. The van der Waals surface area contributed by atoms with Gasteiger partial charge in [-0.1, -0.05) is 35.7 Å². The van der Waals surface area contributed by atoms with Gasteiger partial charge in [0.25, 0.3) is 11.6 Å². The average molecular weight is 877 g/mol. The topological polar surface area (TPSA) is 181 Å². The number of H-pyrrole nitrogens is 1. The van der Waals surface area contributed by atoms with Gasteiger partial charge >= 0.3 is 0 Å². The third-order valence-corrected chi connectivity index (χ3v) is 14.2. The third-order valence-electron chi connectivity index (χ3n) is 12.9. The number of aromatic nitrogens is 2. The number of benzene rings is 3. The lowest BCUT2D eigenvalue weighted by Gasteiger charge is -2.47. The van der Waals surface area contributed by atoms with E-state index in [1.54, 1.807) is 18.5 Å². The van der Waals surface area contributed by atoms with Crippen molar-refractivity contribution in [2.75, 3.05) is 56.6 Å². The number of nitrogens with one attached hydrogen (secondary N) is 2. The molecule has 4 N–H and O–H groups in total. The summed E-state index contributed by atoms with van der Waals surface area (Å²) in [4.78, 5) is 42.3. The van der Waals surface area contributed by atoms with Crippen molar-refractivity contribution in [2.45, 2.75) is 62.3 Å². The van der Waals surface area contributed by atoms with E-state index in [4.69, 9.17) is 26.8 Å². The molecule has 0 bridgehead atoms. The standard InChI is InChI=1S/C46H49ClN8O6S/c47-34-4-2-30(3-5-34)40-26-46(12-1-13-46)14-8-32(40)29-53-16-18-54(19-17-53)36-6-7-39(42(24-36)61-37-22-31-9-15-49-44(31)51-28-37)45(56)52-62(59)38-23-33(43(48)41(25-38)55(57)58)27-50-35-10-20-60-21-11-35/h2-7,9,15,22-25,27-28,35H,1,8,10-14,16-21,26,29,48H2,(H,49,51)(H,52,56). The van der Waals surface area contributed by atoms with Crippen molar-refractivity contribution in [2.24, 2.45) is 10.4 Å². The number of halogens is 1. The van der Waals surface area contributed by atoms with Crippen LogP contribution < -0.4 is 20.1 Å². The number of rotatable bonds is 12. The predicted octanol–water partition coefficient (Wildman–Crippen LogP) is 8.48. The van der Waals surface area contributed by atoms with Crippen LogP contribution in [0.1, 0.15) is 72.9 Å². The summed E-state index contributed by atoms with van der Waals surface area (Å²) < 4.78 is 28.1. The number of nitrogen functional groups attached to an aromatic ring is 1. The highest BCUT2D eigenvalue weighted by atomic mass is 35.5. The van der Waals surface area contributed by atoms with Crippen LogP contribution in [0.2, 0.25) is 5.02 Å². The molecule has 2 saturated heterocycles. The number of piperazine rings is 1. The van der Waals surface area contributed by atoms with E-state index in [9.17, 15) is 19.1 Å². The second-order valence-corrected chi connectivity index (χ2v) is 18.4. The van der Waals surface area contributed by atoms with Gasteiger partial charge in [-0.3, -0.25) is 29.5 Å². The number of anilines is 2. The Kier molecular flexibility index (Phi) is 12.1. The monoisotopic (exact) mass is 876 g/mol. The molecule has 4 aliphatic rings. The number of carbonyl (C=O) groups is 1. The predicted molar refractivity (Wildman–Crippen MR) is 243 cm³/mol. The van der Waals surface area contributed by atoms with Gasteiger partial charge in [0.1, 0.15) is 22.8 Å². The molecule has 2 aliphatic heterocycles. The summed E-state index contributed by atoms with van der Waals surface area (Å²) in [7, 11) is -2.21. The molecule has 1 spiro atoms. The van der Waals surface area contributed by atoms with Crippen molar-refractivity contribution in [1.82, 2.24) is 19.6 Å². The molecule has 9 rings (SSSR count). The van der Waals surface area contributed by atoms with Gasteiger partial charge in [-0.25, -0.2) is 9.19 Å². The molecular formula is C46H49ClN8O6S. The number of nitrogens with two attached hydrogens (primary N) is 1. The maximum atomic E-state index is 14.0. The van der Waals surface area contributed by atoms with Crippen LogP contribution >= 0.6 is 11.6 Å². The first-order valence-electron chi connectivity index (χ1n) is 21.2. The zero-order valence-electron chi connectivity index (χ0n) is 34.3. The second-order valence-electron chi connectivity index (χ2n) is 16.8. The van der Waals surface area contributed by atoms with Crippen LogP contribution in [0.3, 0.4) is 0 Å². The summed E-state index contributed by atoms with van der Waals surface area (Å²) in [5, 5.41) is 13.6. The number of aromatic amines is 1. The van der Waals surface area contributed by atoms with E-state index in [-0.39, 0.29) is 33.5 Å². The van der Waals surface area contributed by atoms with E-state index in [1.807, 2.05) is 36.4 Å². The lowest BCUT2D eigenvalue weighted by molar-refractivity contribution is -0.384. The maximum Gasteiger partial charge on any atom is 0.294 e. The van der Waals surface area contributed by atoms with Crippen molar-refractivity contribution in [1.29, 1.82) is 0 Å². The van der Waals surface area contributed by atoms with Crippen LogP contribution in [-0.2, 0) is 15.7 Å². The fourth-order valence-corrected chi connectivity index (χ4v) is 10.1. The van der Waals surface area contributed by atoms with Crippen LogP contribution in [0.25, 0.3) is 16.6 Å². The SMILES string of the molecule is Nc1c(C=NC2CCOCC2)cc(S(=O)NC(=O)c2ccc(N3CCN(CC4=C(c5ccc(Cl)cc5)CC5(CCC5)CC4)CC3)cc2Oc2cnc3[nH]ccc3c2)cc1[N+](=O)[O-]. The summed E-state index contributed by atoms with van der Waals surface area (Å²) in [6.45, 7) is 5.35. The quantitative estimate of drug-likeness (QED) is 0.0476. The smallest absolute Gasteiger partial charge is 0.294 e. The zero-order chi connectivity index (χ0) is 42.8. The minimum atomic E-state index is -2.21. The highest BCUT2D eigenvalue weighted by Gasteiger charge is 2.41. The molecule has 4 heterocycles. The highest BCUT2D eigenvalue weighted by Crippen LogP contribution is 2.55. The molecule has 16 heteroatoms. The van der Waals surface area contributed by atoms with Crippen LogP contribution in [0.4, 0.5) is 17.1 Å². The van der Waals surface area contributed by atoms with Gasteiger partial charge in [0, 0.05) is 92.1 Å². The Morgan fingerprint density at radius 2 is 1.87 bits per heavy atom. The Morgan fingerprint density at radius 1 is 1.08 bits per heavy atom. The number of allylic oxidation sites excluding steroid dienone is 1. The number of nitrogens with zero attached hydrogens (tertiary/aromatic N) is 5. The van der Waals surface area contributed by atoms with Crippen molar-refractivity contribution < 1.29 is 23.4 Å². The molecule has 5 aromatic rings. The van der Waals surface area contributed by atoms with E-state index in [2.05, 4.69) is 41.6 Å². The number of carbonyl (C=O) groups excluding carboxylic acids is 1. The third kappa shape index (κ3) is 9.12. The van der Waals surface area contributed by atoms with Crippen molar-refractivity contribution in [3.63, 3.8) is 0 Å². The number of amides is 1. The lowest BCUT2D eigenvalue weighted by Crippen LogP contribution is -2.47. The summed E-state index contributed by atoms with van der Waals surface area (Å²) >= 11 is 6.28. The number of fused-ring (bicyclic) bond motifs is 1. The Morgan fingerprint density at radius 3 is 2.61 bits per heavy atom. The van der Waals surface area contributed by atoms with Gasteiger partial charge in [0.15, 0.2) is 11.0 Å². The van der Waals surface area contributed by atoms with E-state index in [0.29, 0.717) is 42.9 Å². The van der Waals surface area contributed by atoms with Crippen LogP contribution in [0.15, 0.2) is 94.6 Å².